The van der Waals surface area contributed by atoms with E-state index >= 15 is 0 Å². The smallest absolute Gasteiger partial charge is 0.150 e. The first-order valence-electron chi connectivity index (χ1n) is 7.84. The molecular formula is C19H23N3O. The van der Waals surface area contributed by atoms with E-state index in [0.29, 0.717) is 11.6 Å². The third kappa shape index (κ3) is 3.32. The normalized spacial score (nSPS) is 13.3. The van der Waals surface area contributed by atoms with Gasteiger partial charge in [0.1, 0.15) is 11.6 Å². The van der Waals surface area contributed by atoms with Crippen LogP contribution in [0.3, 0.4) is 0 Å². The zero-order valence-corrected chi connectivity index (χ0v) is 13.9. The summed E-state index contributed by atoms with van der Waals surface area (Å²) in [6.45, 7) is 7.82. The maximum absolute atomic E-state index is 5.88. The summed E-state index contributed by atoms with van der Waals surface area (Å²) in [5, 5.41) is 6.68. The van der Waals surface area contributed by atoms with Crippen molar-refractivity contribution in [2.24, 2.45) is 5.73 Å². The third-order valence-electron chi connectivity index (χ3n) is 4.32. The number of rotatable bonds is 4. The van der Waals surface area contributed by atoms with Crippen LogP contribution in [0.15, 0.2) is 48.0 Å². The van der Waals surface area contributed by atoms with E-state index < -0.39 is 0 Å². The third-order valence-corrected chi connectivity index (χ3v) is 4.32. The first kappa shape index (κ1) is 15.4. The van der Waals surface area contributed by atoms with Crippen molar-refractivity contribution in [2.75, 3.05) is 5.32 Å². The minimum absolute atomic E-state index is 0.568. The zero-order valence-electron chi connectivity index (χ0n) is 13.9. The van der Waals surface area contributed by atoms with Crippen molar-refractivity contribution >= 4 is 5.69 Å². The number of nitrogens with one attached hydrogen (secondary N) is 2. The van der Waals surface area contributed by atoms with Crippen LogP contribution in [0.25, 0.3) is 0 Å². The van der Waals surface area contributed by atoms with Crippen LogP contribution in [0, 0.1) is 13.8 Å². The molecule has 0 aliphatic carbocycles. The van der Waals surface area contributed by atoms with Gasteiger partial charge in [-0.25, -0.2) is 0 Å². The summed E-state index contributed by atoms with van der Waals surface area (Å²) in [5.74, 6) is 2.09. The molecule has 0 atom stereocenters. The molecule has 0 saturated heterocycles. The summed E-state index contributed by atoms with van der Waals surface area (Å²) in [4.78, 5) is 0. The van der Waals surface area contributed by atoms with Crippen LogP contribution in [-0.4, -0.2) is 0 Å². The highest BCUT2D eigenvalue weighted by atomic mass is 16.5. The molecule has 3 rings (SSSR count). The van der Waals surface area contributed by atoms with Gasteiger partial charge in [0.05, 0.1) is 5.69 Å². The predicted octanol–water partition coefficient (Wildman–Crippen LogP) is 3.55. The summed E-state index contributed by atoms with van der Waals surface area (Å²) in [6, 6.07) is 12.6. The van der Waals surface area contributed by atoms with Crippen LogP contribution in [-0.2, 0) is 13.1 Å². The number of aryl methyl sites for hydroxylation is 1. The van der Waals surface area contributed by atoms with Gasteiger partial charge in [0, 0.05) is 13.1 Å². The highest BCUT2D eigenvalue weighted by Gasteiger charge is 2.14. The van der Waals surface area contributed by atoms with E-state index in [0.717, 1.165) is 24.5 Å². The van der Waals surface area contributed by atoms with Crippen molar-refractivity contribution < 1.29 is 4.74 Å². The minimum atomic E-state index is 0.568. The second-order valence-corrected chi connectivity index (χ2v) is 5.99. The predicted molar refractivity (Wildman–Crippen MR) is 94.0 cm³/mol. The van der Waals surface area contributed by atoms with Gasteiger partial charge in [0.15, 0.2) is 5.75 Å². The minimum Gasteiger partial charge on any atom is -0.456 e. The SMILES string of the molecule is CC1=C(N)Nc2cc(CNCc3cccc(C)c3C)ccc2O1. The Bertz CT molecular complexity index is 765. The van der Waals surface area contributed by atoms with Crippen molar-refractivity contribution in [3.05, 3.63) is 70.2 Å². The molecular weight excluding hydrogens is 286 g/mol. The summed E-state index contributed by atoms with van der Waals surface area (Å²) in [7, 11) is 0. The number of hydrogen-bond donors (Lipinski definition) is 3. The molecule has 120 valence electrons. The van der Waals surface area contributed by atoms with Crippen LogP contribution in [0.2, 0.25) is 0 Å². The maximum Gasteiger partial charge on any atom is 0.150 e. The van der Waals surface area contributed by atoms with E-state index in [1.165, 1.54) is 22.3 Å². The van der Waals surface area contributed by atoms with E-state index in [2.05, 4.69) is 54.8 Å². The molecule has 1 aliphatic heterocycles. The molecule has 0 bridgehead atoms. The molecule has 0 saturated carbocycles. The average Bonchev–Trinajstić information content (AvgIpc) is 2.53. The highest BCUT2D eigenvalue weighted by molar-refractivity contribution is 5.63. The Labute approximate surface area is 137 Å². The molecule has 1 aliphatic rings. The number of fused-ring (bicyclic) bond motifs is 1. The Morgan fingerprint density at radius 1 is 1.09 bits per heavy atom. The van der Waals surface area contributed by atoms with Crippen molar-refractivity contribution in [3.8, 4) is 5.75 Å². The van der Waals surface area contributed by atoms with Gasteiger partial charge in [-0.15, -0.1) is 0 Å². The van der Waals surface area contributed by atoms with Gasteiger partial charge in [-0.3, -0.25) is 0 Å². The fourth-order valence-corrected chi connectivity index (χ4v) is 2.67. The van der Waals surface area contributed by atoms with Gasteiger partial charge >= 0.3 is 0 Å². The number of anilines is 1. The molecule has 0 unspecified atom stereocenters. The Morgan fingerprint density at radius 2 is 1.91 bits per heavy atom. The molecule has 4 heteroatoms. The lowest BCUT2D eigenvalue weighted by Crippen LogP contribution is -2.19. The Balaban J connectivity index is 1.64. The number of allylic oxidation sites excluding steroid dienone is 1. The highest BCUT2D eigenvalue weighted by Crippen LogP contribution is 2.32. The molecule has 1 heterocycles. The second-order valence-electron chi connectivity index (χ2n) is 5.99. The van der Waals surface area contributed by atoms with E-state index in [4.69, 9.17) is 10.5 Å². The quantitative estimate of drug-likeness (QED) is 0.808. The van der Waals surface area contributed by atoms with Crippen LogP contribution >= 0.6 is 0 Å². The number of nitrogens with two attached hydrogens (primary N) is 1. The summed E-state index contributed by atoms with van der Waals surface area (Å²) >= 11 is 0. The zero-order chi connectivity index (χ0) is 16.4. The Hall–Kier alpha value is -2.46. The maximum atomic E-state index is 5.88. The molecule has 2 aromatic rings. The fraction of sp³-hybridized carbons (Fsp3) is 0.263. The molecule has 0 aromatic heterocycles. The van der Waals surface area contributed by atoms with E-state index in [1.807, 2.05) is 13.0 Å². The van der Waals surface area contributed by atoms with Crippen LogP contribution in [0.1, 0.15) is 29.2 Å². The first-order chi connectivity index (χ1) is 11.0. The lowest BCUT2D eigenvalue weighted by atomic mass is 10.0. The number of hydrogen-bond acceptors (Lipinski definition) is 4. The molecule has 23 heavy (non-hydrogen) atoms. The fourth-order valence-electron chi connectivity index (χ4n) is 2.67. The molecule has 4 nitrogen and oxygen atoms in total. The van der Waals surface area contributed by atoms with Crippen molar-refractivity contribution in [2.45, 2.75) is 33.9 Å². The lowest BCUT2D eigenvalue weighted by molar-refractivity contribution is 0.415. The molecule has 0 radical (unpaired) electrons. The summed E-state index contributed by atoms with van der Waals surface area (Å²) < 4.78 is 5.67. The Kier molecular flexibility index (Phi) is 4.26. The molecule has 2 aromatic carbocycles. The van der Waals surface area contributed by atoms with E-state index in [-0.39, 0.29) is 0 Å². The van der Waals surface area contributed by atoms with Crippen LogP contribution in [0.4, 0.5) is 5.69 Å². The van der Waals surface area contributed by atoms with Gasteiger partial charge in [-0.05, 0) is 55.2 Å². The van der Waals surface area contributed by atoms with Gasteiger partial charge < -0.3 is 21.1 Å². The summed E-state index contributed by atoms with van der Waals surface area (Å²) in [6.07, 6.45) is 0. The van der Waals surface area contributed by atoms with E-state index in [1.54, 1.807) is 0 Å². The topological polar surface area (TPSA) is 59.3 Å². The van der Waals surface area contributed by atoms with Crippen molar-refractivity contribution in [3.63, 3.8) is 0 Å². The van der Waals surface area contributed by atoms with E-state index in [9.17, 15) is 0 Å². The number of ether oxygens (including phenoxy) is 1. The second kappa shape index (κ2) is 6.34. The Morgan fingerprint density at radius 3 is 2.74 bits per heavy atom. The van der Waals surface area contributed by atoms with Gasteiger partial charge in [-0.1, -0.05) is 24.3 Å². The van der Waals surface area contributed by atoms with Crippen LogP contribution < -0.4 is 21.1 Å². The molecule has 0 amide bonds. The largest absolute Gasteiger partial charge is 0.456 e. The lowest BCUT2D eigenvalue weighted by Gasteiger charge is -2.21. The standard InChI is InChI=1S/C19H23N3O/c1-12-5-4-6-16(13(12)2)11-21-10-15-7-8-18-17(9-15)22-19(20)14(3)23-18/h4-9,21-22H,10-11,20H2,1-3H3. The average molecular weight is 309 g/mol. The molecule has 4 N–H and O–H groups in total. The first-order valence-corrected chi connectivity index (χ1v) is 7.84. The van der Waals surface area contributed by atoms with Gasteiger partial charge in [-0.2, -0.15) is 0 Å². The molecule has 0 fully saturated rings. The van der Waals surface area contributed by atoms with Crippen LogP contribution in [0.5, 0.6) is 5.75 Å². The molecule has 0 spiro atoms. The summed E-state index contributed by atoms with van der Waals surface area (Å²) in [5.41, 5.74) is 12.0. The van der Waals surface area contributed by atoms with Crippen molar-refractivity contribution in [1.82, 2.24) is 5.32 Å². The monoisotopic (exact) mass is 309 g/mol. The number of benzene rings is 2. The van der Waals surface area contributed by atoms with Crippen molar-refractivity contribution in [1.29, 1.82) is 0 Å². The van der Waals surface area contributed by atoms with Gasteiger partial charge in [0.2, 0.25) is 0 Å². The van der Waals surface area contributed by atoms with Gasteiger partial charge in [0.25, 0.3) is 0 Å².